The molecule has 48 heavy (non-hydrogen) atoms. The van der Waals surface area contributed by atoms with Crippen LogP contribution >= 0.6 is 0 Å². The molecule has 0 saturated carbocycles. The van der Waals surface area contributed by atoms with E-state index in [1.165, 1.54) is 66.8 Å². The third-order valence-corrected chi connectivity index (χ3v) is 12.7. The number of benzene rings is 6. The van der Waals surface area contributed by atoms with E-state index in [2.05, 4.69) is 121 Å². The Morgan fingerprint density at radius 2 is 0.583 bits per heavy atom. The lowest BCUT2D eigenvalue weighted by Gasteiger charge is -2.62. The standard InChI is InChI=1S/C44H32O4/c1-45-25-21-35-39(37(23-25)47-3)43-32-18-10-8-16-30(32)42(43)28-14-6-5-13-27(28)41(35)29-15-7-9-17-31(29)44(41,34-20-12-11-19-33(34)43)40-36(42)22-26(46-2)24-38(40)48-4/h5-24H,1-4H3/t41-,42-,43+,44+/m0/s1. The lowest BCUT2D eigenvalue weighted by atomic mass is 9.38. The molecule has 6 aromatic carbocycles. The summed E-state index contributed by atoms with van der Waals surface area (Å²) in [6.07, 6.45) is 0. The molecule has 4 heteroatoms. The van der Waals surface area contributed by atoms with E-state index in [1.807, 2.05) is 0 Å². The molecule has 6 aliphatic rings. The van der Waals surface area contributed by atoms with Crippen molar-refractivity contribution in [1.29, 1.82) is 0 Å². The normalized spacial score (nSPS) is 26.2. The minimum atomic E-state index is -0.655. The highest BCUT2D eigenvalue weighted by Crippen LogP contribution is 2.85. The molecule has 0 aromatic heterocycles. The van der Waals surface area contributed by atoms with Crippen LogP contribution in [0.4, 0.5) is 0 Å². The van der Waals surface area contributed by atoms with Gasteiger partial charge >= 0.3 is 0 Å². The zero-order chi connectivity index (χ0) is 32.2. The first-order valence-electron chi connectivity index (χ1n) is 16.6. The minimum absolute atomic E-state index is 0.647. The highest BCUT2D eigenvalue weighted by molar-refractivity contribution is 5.96. The zero-order valence-electron chi connectivity index (χ0n) is 27.2. The van der Waals surface area contributed by atoms with Crippen LogP contribution in [0, 0.1) is 0 Å². The van der Waals surface area contributed by atoms with E-state index in [9.17, 15) is 0 Å². The molecule has 0 heterocycles. The average Bonchev–Trinajstić information content (AvgIpc) is 3.35. The molecule has 0 aliphatic heterocycles. The summed E-state index contributed by atoms with van der Waals surface area (Å²) in [5, 5.41) is 0. The molecule has 4 spiro atoms. The molecule has 4 nitrogen and oxygen atoms in total. The number of fused-ring (bicyclic) bond motifs is 2. The molecule has 0 fully saturated rings. The van der Waals surface area contributed by atoms with E-state index in [0.29, 0.717) is 0 Å². The van der Waals surface area contributed by atoms with Crippen molar-refractivity contribution >= 4 is 0 Å². The molecule has 232 valence electrons. The second kappa shape index (κ2) is 8.32. The van der Waals surface area contributed by atoms with Gasteiger partial charge in [0.15, 0.2) is 0 Å². The molecule has 4 bridgehead atoms. The molecule has 0 amide bonds. The van der Waals surface area contributed by atoms with Crippen molar-refractivity contribution in [3.05, 3.63) is 188 Å². The number of hydrogen-bond donors (Lipinski definition) is 0. The number of methoxy groups -OCH3 is 4. The summed E-state index contributed by atoms with van der Waals surface area (Å²) in [6, 6.07) is 45.3. The van der Waals surface area contributed by atoms with Crippen molar-refractivity contribution in [2.24, 2.45) is 0 Å². The van der Waals surface area contributed by atoms with E-state index in [-0.39, 0.29) is 0 Å². The van der Waals surface area contributed by atoms with Crippen molar-refractivity contribution in [2.75, 3.05) is 28.4 Å². The van der Waals surface area contributed by atoms with Gasteiger partial charge in [-0.25, -0.2) is 0 Å². The van der Waals surface area contributed by atoms with Crippen LogP contribution in [-0.2, 0) is 21.7 Å². The third-order valence-electron chi connectivity index (χ3n) is 12.7. The van der Waals surface area contributed by atoms with Crippen molar-refractivity contribution in [3.63, 3.8) is 0 Å². The third kappa shape index (κ3) is 2.23. The Bertz CT molecular complexity index is 2280. The second-order valence-corrected chi connectivity index (χ2v) is 13.7. The second-order valence-electron chi connectivity index (χ2n) is 13.7. The SMILES string of the molecule is COc1cc(OC)c2c(c1)[C@@]13c4ccccc4[C@@]45c6ccccc6[C@@]24c2ccccc2[C@]1(c1ccccc13)c1c(OC)cc(OC)cc15. The Kier molecular flexibility index (Phi) is 4.61. The summed E-state index contributed by atoms with van der Waals surface area (Å²) in [6.45, 7) is 0. The maximum atomic E-state index is 6.54. The van der Waals surface area contributed by atoms with Gasteiger partial charge in [-0.2, -0.15) is 0 Å². The Morgan fingerprint density at radius 3 is 0.833 bits per heavy atom. The molecule has 0 saturated heterocycles. The van der Waals surface area contributed by atoms with Crippen LogP contribution in [0.2, 0.25) is 0 Å². The van der Waals surface area contributed by atoms with Crippen molar-refractivity contribution in [2.45, 2.75) is 21.7 Å². The summed E-state index contributed by atoms with van der Waals surface area (Å²) in [5.74, 6) is 3.24. The van der Waals surface area contributed by atoms with Gasteiger partial charge in [0.1, 0.15) is 23.0 Å². The highest BCUT2D eigenvalue weighted by atomic mass is 16.5. The van der Waals surface area contributed by atoms with Crippen LogP contribution in [0.3, 0.4) is 0 Å². The van der Waals surface area contributed by atoms with Crippen LogP contribution in [-0.4, -0.2) is 28.4 Å². The number of rotatable bonds is 4. The van der Waals surface area contributed by atoms with Crippen LogP contribution in [0.1, 0.15) is 66.8 Å². The summed E-state index contributed by atoms with van der Waals surface area (Å²) >= 11 is 0. The Morgan fingerprint density at radius 1 is 0.312 bits per heavy atom. The molecule has 0 N–H and O–H groups in total. The first-order chi connectivity index (χ1) is 23.6. The van der Waals surface area contributed by atoms with Gasteiger partial charge < -0.3 is 18.9 Å². The van der Waals surface area contributed by atoms with E-state index in [1.54, 1.807) is 28.4 Å². The van der Waals surface area contributed by atoms with Crippen LogP contribution < -0.4 is 18.9 Å². The average molecular weight is 625 g/mol. The smallest absolute Gasteiger partial charge is 0.127 e. The number of ether oxygens (including phenoxy) is 4. The van der Waals surface area contributed by atoms with Gasteiger partial charge in [-0.3, -0.25) is 0 Å². The molecule has 12 rings (SSSR count). The predicted molar refractivity (Wildman–Crippen MR) is 184 cm³/mol. The lowest BCUT2D eigenvalue weighted by Crippen LogP contribution is -2.61. The fraction of sp³-hybridized carbons (Fsp3) is 0.182. The molecule has 0 radical (unpaired) electrons. The molecule has 6 aromatic rings. The Hall–Kier alpha value is -5.48. The Balaban J connectivity index is 1.58. The maximum absolute atomic E-state index is 6.54. The highest BCUT2D eigenvalue weighted by Gasteiger charge is 2.82. The molecular weight excluding hydrogens is 592 g/mol. The van der Waals surface area contributed by atoms with Crippen molar-refractivity contribution in [3.8, 4) is 23.0 Å². The lowest BCUT2D eigenvalue weighted by molar-refractivity contribution is 0.315. The monoisotopic (exact) mass is 624 g/mol. The van der Waals surface area contributed by atoms with Gasteiger partial charge in [-0.1, -0.05) is 97.1 Å². The quantitative estimate of drug-likeness (QED) is 0.199. The molecule has 4 atom stereocenters. The molecular formula is C44H32O4. The predicted octanol–water partition coefficient (Wildman–Crippen LogP) is 8.03. The van der Waals surface area contributed by atoms with Gasteiger partial charge in [-0.15, -0.1) is 0 Å². The van der Waals surface area contributed by atoms with Gasteiger partial charge in [0.05, 0.1) is 50.1 Å². The summed E-state index contributed by atoms with van der Waals surface area (Å²) < 4.78 is 25.3. The van der Waals surface area contributed by atoms with E-state index >= 15 is 0 Å². The van der Waals surface area contributed by atoms with Crippen LogP contribution in [0.25, 0.3) is 0 Å². The van der Waals surface area contributed by atoms with Gasteiger partial charge in [0.2, 0.25) is 0 Å². The van der Waals surface area contributed by atoms with Crippen LogP contribution in [0.5, 0.6) is 23.0 Å². The summed E-state index contributed by atoms with van der Waals surface area (Å²) in [7, 11) is 7.11. The zero-order valence-corrected chi connectivity index (χ0v) is 27.2. The minimum Gasteiger partial charge on any atom is -0.497 e. The largest absolute Gasteiger partial charge is 0.497 e. The first kappa shape index (κ1) is 26.6. The van der Waals surface area contributed by atoms with Crippen LogP contribution in [0.15, 0.2) is 121 Å². The summed E-state index contributed by atoms with van der Waals surface area (Å²) in [5.41, 5.74) is 12.7. The molecule has 6 aliphatic carbocycles. The fourth-order valence-electron chi connectivity index (χ4n) is 11.6. The fourth-order valence-corrected chi connectivity index (χ4v) is 11.6. The first-order valence-corrected chi connectivity index (χ1v) is 16.6. The van der Waals surface area contributed by atoms with E-state index in [0.717, 1.165) is 23.0 Å². The molecule has 0 unspecified atom stereocenters. The van der Waals surface area contributed by atoms with E-state index < -0.39 is 21.7 Å². The Labute approximate surface area is 279 Å². The van der Waals surface area contributed by atoms with Gasteiger partial charge in [0.25, 0.3) is 0 Å². The van der Waals surface area contributed by atoms with Crippen molar-refractivity contribution < 1.29 is 18.9 Å². The maximum Gasteiger partial charge on any atom is 0.127 e. The topological polar surface area (TPSA) is 36.9 Å². The van der Waals surface area contributed by atoms with Crippen molar-refractivity contribution in [1.82, 2.24) is 0 Å². The summed E-state index contributed by atoms with van der Waals surface area (Å²) in [4.78, 5) is 0. The van der Waals surface area contributed by atoms with Gasteiger partial charge in [-0.05, 0) is 67.8 Å². The number of hydrogen-bond acceptors (Lipinski definition) is 4. The van der Waals surface area contributed by atoms with Gasteiger partial charge in [0, 0.05) is 23.3 Å². The van der Waals surface area contributed by atoms with E-state index in [4.69, 9.17) is 18.9 Å².